The summed E-state index contributed by atoms with van der Waals surface area (Å²) < 4.78 is 19.6. The Kier molecular flexibility index (Phi) is 4.39. The third-order valence-corrected chi connectivity index (χ3v) is 6.39. The van der Waals surface area contributed by atoms with Crippen molar-refractivity contribution in [2.45, 2.75) is 13.0 Å². The quantitative estimate of drug-likeness (QED) is 0.412. The van der Waals surface area contributed by atoms with Crippen LogP contribution in [-0.2, 0) is 0 Å². The van der Waals surface area contributed by atoms with Gasteiger partial charge < -0.3 is 4.42 Å². The molecule has 1 atom stereocenters. The second kappa shape index (κ2) is 6.87. The predicted molar refractivity (Wildman–Crippen MR) is 112 cm³/mol. The molecule has 4 aromatic rings. The summed E-state index contributed by atoms with van der Waals surface area (Å²) in [4.78, 5) is 28.0. The number of fused-ring (bicyclic) bond motifs is 2. The van der Waals surface area contributed by atoms with Gasteiger partial charge in [-0.1, -0.05) is 40.6 Å². The van der Waals surface area contributed by atoms with Crippen LogP contribution in [0.5, 0.6) is 0 Å². The third kappa shape index (κ3) is 2.83. The van der Waals surface area contributed by atoms with Crippen LogP contribution in [-0.4, -0.2) is 16.1 Å². The Morgan fingerprint density at radius 3 is 2.60 bits per heavy atom. The maximum atomic E-state index is 13.8. The second-order valence-corrected chi connectivity index (χ2v) is 8.64. The predicted octanol–water partition coefficient (Wildman–Crippen LogP) is 5.15. The van der Waals surface area contributed by atoms with Gasteiger partial charge in [-0.3, -0.25) is 14.5 Å². The van der Waals surface area contributed by atoms with Gasteiger partial charge in [-0.25, -0.2) is 4.39 Å². The molecule has 150 valence electrons. The van der Waals surface area contributed by atoms with Crippen LogP contribution in [0.1, 0.15) is 32.7 Å². The Bertz CT molecular complexity index is 1420. The van der Waals surface area contributed by atoms with E-state index in [2.05, 4.69) is 10.2 Å². The van der Waals surface area contributed by atoms with Gasteiger partial charge in [0.15, 0.2) is 5.43 Å². The Labute approximate surface area is 182 Å². The molecule has 6 nitrogen and oxygen atoms in total. The van der Waals surface area contributed by atoms with E-state index in [0.717, 1.165) is 6.07 Å². The van der Waals surface area contributed by atoms with E-state index in [-0.39, 0.29) is 27.3 Å². The van der Waals surface area contributed by atoms with Gasteiger partial charge >= 0.3 is 0 Å². The summed E-state index contributed by atoms with van der Waals surface area (Å²) in [5.41, 5.74) is 0.243. The van der Waals surface area contributed by atoms with Gasteiger partial charge in [-0.05, 0) is 42.8 Å². The van der Waals surface area contributed by atoms with Crippen molar-refractivity contribution in [3.05, 3.63) is 84.4 Å². The van der Waals surface area contributed by atoms with E-state index >= 15 is 0 Å². The number of benzene rings is 2. The molecule has 0 fully saturated rings. The molecule has 0 N–H and O–H groups in total. The van der Waals surface area contributed by atoms with Gasteiger partial charge in [-0.2, -0.15) is 0 Å². The van der Waals surface area contributed by atoms with Crippen LogP contribution in [0.4, 0.5) is 9.52 Å². The molecule has 30 heavy (non-hydrogen) atoms. The number of carbonyl (C=O) groups is 1. The lowest BCUT2D eigenvalue weighted by atomic mass is 9.99. The maximum Gasteiger partial charge on any atom is 0.297 e. The molecule has 2 aromatic carbocycles. The lowest BCUT2D eigenvalue weighted by Crippen LogP contribution is -2.29. The average Bonchev–Trinajstić information content (AvgIpc) is 3.26. The number of aromatic nitrogens is 2. The van der Waals surface area contributed by atoms with Crippen molar-refractivity contribution in [1.82, 2.24) is 10.2 Å². The normalized spacial score (nSPS) is 15.8. The van der Waals surface area contributed by atoms with Crippen molar-refractivity contribution >= 4 is 56.5 Å². The number of nitrogens with zero attached hydrogens (tertiary/aromatic N) is 3. The summed E-state index contributed by atoms with van der Waals surface area (Å²) in [5, 5.41) is 9.63. The minimum Gasteiger partial charge on any atom is -0.450 e. The van der Waals surface area contributed by atoms with Crippen LogP contribution in [0.25, 0.3) is 11.0 Å². The summed E-state index contributed by atoms with van der Waals surface area (Å²) in [5.74, 6) is -1.25. The first-order valence-electron chi connectivity index (χ1n) is 8.70. The zero-order valence-electron chi connectivity index (χ0n) is 15.1. The number of carbonyl (C=O) groups excluding carboxylic acids is 1. The molecular formula is C20H10Cl2FN3O3S. The van der Waals surface area contributed by atoms with E-state index in [9.17, 15) is 14.0 Å². The average molecular weight is 462 g/mol. The first kappa shape index (κ1) is 19.2. The van der Waals surface area contributed by atoms with Crippen LogP contribution in [0.3, 0.4) is 0 Å². The highest BCUT2D eigenvalue weighted by atomic mass is 35.5. The highest BCUT2D eigenvalue weighted by molar-refractivity contribution is 7.15. The molecule has 5 rings (SSSR count). The largest absolute Gasteiger partial charge is 0.450 e. The van der Waals surface area contributed by atoms with Crippen LogP contribution in [0.2, 0.25) is 10.0 Å². The Balaban J connectivity index is 1.84. The molecule has 0 aliphatic carbocycles. The Hall–Kier alpha value is -2.81. The van der Waals surface area contributed by atoms with E-state index in [1.54, 1.807) is 25.1 Å². The lowest BCUT2D eigenvalue weighted by molar-refractivity contribution is 0.0970. The van der Waals surface area contributed by atoms with Crippen molar-refractivity contribution in [2.75, 3.05) is 4.90 Å². The molecule has 1 aliphatic heterocycles. The molecule has 10 heteroatoms. The van der Waals surface area contributed by atoms with Crippen molar-refractivity contribution < 1.29 is 13.6 Å². The highest BCUT2D eigenvalue weighted by Gasteiger charge is 2.45. The molecule has 0 bridgehead atoms. The van der Waals surface area contributed by atoms with Crippen molar-refractivity contribution in [3.63, 3.8) is 0 Å². The summed E-state index contributed by atoms with van der Waals surface area (Å²) >= 11 is 13.4. The van der Waals surface area contributed by atoms with Gasteiger partial charge in [0.1, 0.15) is 16.4 Å². The second-order valence-electron chi connectivity index (χ2n) is 6.67. The van der Waals surface area contributed by atoms with Gasteiger partial charge in [0.25, 0.3) is 5.91 Å². The number of halogens is 3. The van der Waals surface area contributed by atoms with Crippen LogP contribution in [0, 0.1) is 12.7 Å². The van der Waals surface area contributed by atoms with Crippen LogP contribution in [0.15, 0.2) is 45.6 Å². The van der Waals surface area contributed by atoms with Gasteiger partial charge in [0.2, 0.25) is 10.9 Å². The van der Waals surface area contributed by atoms with Gasteiger partial charge in [0.05, 0.1) is 27.0 Å². The molecule has 2 aromatic heterocycles. The SMILES string of the molecule is Cc1nnc(N2C(=O)c3oc4ccc(F)cc4c(=O)c3C2c2ccc(Cl)c(Cl)c2)s1. The maximum absolute atomic E-state index is 13.8. The number of aryl methyl sites for hydroxylation is 1. The molecule has 0 saturated heterocycles. The van der Waals surface area contributed by atoms with E-state index < -0.39 is 23.2 Å². The topological polar surface area (TPSA) is 76.3 Å². The van der Waals surface area contributed by atoms with Crippen LogP contribution < -0.4 is 10.3 Å². The summed E-state index contributed by atoms with van der Waals surface area (Å²) in [6, 6.07) is 7.52. The van der Waals surface area contributed by atoms with E-state index in [1.165, 1.54) is 28.4 Å². The molecule has 1 unspecified atom stereocenters. The van der Waals surface area contributed by atoms with E-state index in [4.69, 9.17) is 27.6 Å². The minimum absolute atomic E-state index is 0.0434. The minimum atomic E-state index is -0.876. The Morgan fingerprint density at radius 2 is 1.90 bits per heavy atom. The first-order chi connectivity index (χ1) is 14.3. The summed E-state index contributed by atoms with van der Waals surface area (Å²) in [6.07, 6.45) is 0. The zero-order valence-corrected chi connectivity index (χ0v) is 17.5. The molecule has 1 amide bonds. The first-order valence-corrected chi connectivity index (χ1v) is 10.3. The molecule has 0 spiro atoms. The van der Waals surface area contributed by atoms with Crippen LogP contribution >= 0.6 is 34.5 Å². The number of hydrogen-bond acceptors (Lipinski definition) is 6. The Morgan fingerprint density at radius 1 is 1.10 bits per heavy atom. The monoisotopic (exact) mass is 461 g/mol. The summed E-state index contributed by atoms with van der Waals surface area (Å²) in [6.45, 7) is 1.75. The fraction of sp³-hybridized carbons (Fsp3) is 0.100. The van der Waals surface area contributed by atoms with Gasteiger partial charge in [0, 0.05) is 0 Å². The van der Waals surface area contributed by atoms with E-state index in [0.29, 0.717) is 20.7 Å². The van der Waals surface area contributed by atoms with Crippen molar-refractivity contribution in [1.29, 1.82) is 0 Å². The van der Waals surface area contributed by atoms with Gasteiger partial charge in [-0.15, -0.1) is 10.2 Å². The molecule has 1 aliphatic rings. The molecule has 0 saturated carbocycles. The standard InChI is InChI=1S/C20H10Cl2FN3O3S/c1-8-24-25-20(30-8)26-16(9-2-4-12(21)13(22)6-9)15-17(27)11-7-10(23)3-5-14(11)29-18(15)19(26)28/h2-7,16H,1H3. The highest BCUT2D eigenvalue weighted by Crippen LogP contribution is 2.43. The molecular weight excluding hydrogens is 452 g/mol. The number of hydrogen-bond donors (Lipinski definition) is 0. The smallest absolute Gasteiger partial charge is 0.297 e. The van der Waals surface area contributed by atoms with Crippen molar-refractivity contribution in [2.24, 2.45) is 0 Å². The third-order valence-electron chi connectivity index (χ3n) is 4.81. The van der Waals surface area contributed by atoms with Crippen molar-refractivity contribution in [3.8, 4) is 0 Å². The summed E-state index contributed by atoms with van der Waals surface area (Å²) in [7, 11) is 0. The number of amides is 1. The number of anilines is 1. The molecule has 0 radical (unpaired) electrons. The lowest BCUT2D eigenvalue weighted by Gasteiger charge is -2.22. The van der Waals surface area contributed by atoms with E-state index in [1.807, 2.05) is 0 Å². The fourth-order valence-electron chi connectivity index (χ4n) is 3.52. The number of rotatable bonds is 2. The zero-order chi connectivity index (χ0) is 21.2. The fourth-order valence-corrected chi connectivity index (χ4v) is 4.54. The molecule has 3 heterocycles.